The molecule has 0 radical (unpaired) electrons. The molecule has 1 heterocycles. The number of fused-ring (bicyclic) bond motifs is 6. The van der Waals surface area contributed by atoms with Crippen LogP contribution in [-0.4, -0.2) is 0 Å². The highest BCUT2D eigenvalue weighted by Crippen LogP contribution is 2.47. The van der Waals surface area contributed by atoms with E-state index in [0.29, 0.717) is 0 Å². The predicted octanol–water partition coefficient (Wildman–Crippen LogP) is 14.8. The third kappa shape index (κ3) is 5.16. The second-order valence-electron chi connectivity index (χ2n) is 13.3. The second kappa shape index (κ2) is 12.7. The molecule has 0 amide bonds. The van der Waals surface area contributed by atoms with E-state index in [0.717, 1.165) is 5.69 Å². The summed E-state index contributed by atoms with van der Waals surface area (Å²) < 4.78 is 2.59. The van der Waals surface area contributed by atoms with E-state index in [1.165, 1.54) is 86.5 Å². The molecule has 0 aliphatic carbocycles. The summed E-state index contributed by atoms with van der Waals surface area (Å²) in [6.07, 6.45) is 0. The van der Waals surface area contributed by atoms with Crippen molar-refractivity contribution >= 4 is 70.1 Å². The lowest BCUT2D eigenvalue weighted by atomic mass is 9.93. The summed E-state index contributed by atoms with van der Waals surface area (Å²) in [7, 11) is 0. The topological polar surface area (TPSA) is 3.24 Å². The minimum Gasteiger partial charge on any atom is -0.308 e. The summed E-state index contributed by atoms with van der Waals surface area (Å²) >= 11 is 1.87. The Morgan fingerprint density at radius 3 is 1.62 bits per heavy atom. The number of benzene rings is 9. The average Bonchev–Trinajstić information content (AvgIpc) is 3.61. The van der Waals surface area contributed by atoms with E-state index in [9.17, 15) is 0 Å². The molecule has 0 saturated heterocycles. The Bertz CT molecular complexity index is 2890. The van der Waals surface area contributed by atoms with Gasteiger partial charge in [-0.25, -0.2) is 0 Å². The summed E-state index contributed by atoms with van der Waals surface area (Å²) in [5, 5.41) is 7.59. The molecule has 2 heteroatoms. The fourth-order valence-electron chi connectivity index (χ4n) is 7.79. The van der Waals surface area contributed by atoms with Crippen molar-refractivity contribution in [3.05, 3.63) is 200 Å². The quantitative estimate of drug-likeness (QED) is 0.158. The molecule has 10 aromatic rings. The molecule has 0 bridgehead atoms. The smallest absolute Gasteiger partial charge is 0.0640 e. The molecule has 0 spiro atoms. The standard InChI is InChI=1S/C50H33NS/c1-2-13-36(14-3-1)40-16-6-7-17-41(40)37-27-25-34(26-28-37)35-29-31-39(32-30-35)51(47-23-12-22-46-45-21-10-11-24-49(45)52-50(46)47)48-33-38-15-4-5-18-42(38)43-19-8-9-20-44(43)48/h1-33H. The Morgan fingerprint density at radius 2 is 0.865 bits per heavy atom. The Balaban J connectivity index is 1.10. The molecule has 0 fully saturated rings. The van der Waals surface area contributed by atoms with Gasteiger partial charge in [0, 0.05) is 26.5 Å². The van der Waals surface area contributed by atoms with Crippen LogP contribution in [0.25, 0.3) is 75.1 Å². The zero-order valence-electron chi connectivity index (χ0n) is 28.4. The monoisotopic (exact) mass is 679 g/mol. The van der Waals surface area contributed by atoms with E-state index in [-0.39, 0.29) is 0 Å². The van der Waals surface area contributed by atoms with Crippen LogP contribution in [0, 0.1) is 0 Å². The molecule has 1 nitrogen and oxygen atoms in total. The Kier molecular flexibility index (Phi) is 7.41. The van der Waals surface area contributed by atoms with Crippen molar-refractivity contribution < 1.29 is 0 Å². The summed E-state index contributed by atoms with van der Waals surface area (Å²) in [6.45, 7) is 0. The average molecular weight is 680 g/mol. The van der Waals surface area contributed by atoms with Gasteiger partial charge in [-0.3, -0.25) is 0 Å². The third-order valence-corrected chi connectivity index (χ3v) is 11.5. The number of hydrogen-bond donors (Lipinski definition) is 0. The van der Waals surface area contributed by atoms with Crippen molar-refractivity contribution in [2.45, 2.75) is 0 Å². The van der Waals surface area contributed by atoms with Gasteiger partial charge < -0.3 is 4.90 Å². The van der Waals surface area contributed by atoms with Crippen molar-refractivity contribution in [2.75, 3.05) is 4.90 Å². The van der Waals surface area contributed by atoms with Gasteiger partial charge in [0.25, 0.3) is 0 Å². The first-order valence-electron chi connectivity index (χ1n) is 17.8. The van der Waals surface area contributed by atoms with Crippen LogP contribution in [0.2, 0.25) is 0 Å². The molecular weight excluding hydrogens is 647 g/mol. The number of rotatable bonds is 6. The lowest BCUT2D eigenvalue weighted by Crippen LogP contribution is -2.10. The number of anilines is 3. The summed E-state index contributed by atoms with van der Waals surface area (Å²) in [4.78, 5) is 2.47. The Hall–Kier alpha value is -6.48. The van der Waals surface area contributed by atoms with Crippen LogP contribution in [0.5, 0.6) is 0 Å². The van der Waals surface area contributed by atoms with E-state index in [1.54, 1.807) is 0 Å². The van der Waals surface area contributed by atoms with Crippen LogP contribution in [0.4, 0.5) is 17.1 Å². The zero-order chi connectivity index (χ0) is 34.4. The van der Waals surface area contributed by atoms with E-state index >= 15 is 0 Å². The van der Waals surface area contributed by atoms with Gasteiger partial charge in [0.2, 0.25) is 0 Å². The van der Waals surface area contributed by atoms with Crippen LogP contribution < -0.4 is 4.90 Å². The minimum atomic E-state index is 1.13. The molecule has 10 rings (SSSR count). The van der Waals surface area contributed by atoms with Gasteiger partial charge in [0.15, 0.2) is 0 Å². The summed E-state index contributed by atoms with van der Waals surface area (Å²) in [5.74, 6) is 0. The molecule has 244 valence electrons. The fourth-order valence-corrected chi connectivity index (χ4v) is 8.99. The van der Waals surface area contributed by atoms with Crippen molar-refractivity contribution in [3.8, 4) is 33.4 Å². The molecule has 0 aliphatic heterocycles. The molecule has 0 N–H and O–H groups in total. The SMILES string of the molecule is c1ccc(-c2ccccc2-c2ccc(-c3ccc(N(c4cc5ccccc5c5ccccc45)c4cccc5c4sc4ccccc45)cc3)cc2)cc1. The van der Waals surface area contributed by atoms with Gasteiger partial charge in [0.1, 0.15) is 0 Å². The van der Waals surface area contributed by atoms with Crippen molar-refractivity contribution in [1.29, 1.82) is 0 Å². The van der Waals surface area contributed by atoms with Gasteiger partial charge in [0.05, 0.1) is 16.1 Å². The molecule has 1 aromatic heterocycles. The summed E-state index contributed by atoms with van der Waals surface area (Å²) in [6, 6.07) is 72.8. The normalized spacial score (nSPS) is 11.5. The molecular formula is C50H33NS. The molecule has 0 atom stereocenters. The first kappa shape index (κ1) is 30.4. The van der Waals surface area contributed by atoms with Gasteiger partial charge in [-0.1, -0.05) is 170 Å². The van der Waals surface area contributed by atoms with Gasteiger partial charge in [-0.15, -0.1) is 11.3 Å². The highest BCUT2D eigenvalue weighted by atomic mass is 32.1. The van der Waals surface area contributed by atoms with Crippen molar-refractivity contribution in [2.24, 2.45) is 0 Å². The third-order valence-electron chi connectivity index (χ3n) is 10.3. The molecule has 0 aliphatic rings. The van der Waals surface area contributed by atoms with Crippen LogP contribution >= 0.6 is 11.3 Å². The van der Waals surface area contributed by atoms with Crippen molar-refractivity contribution in [3.63, 3.8) is 0 Å². The van der Waals surface area contributed by atoms with Crippen LogP contribution in [0.15, 0.2) is 200 Å². The first-order valence-corrected chi connectivity index (χ1v) is 18.6. The highest BCUT2D eigenvalue weighted by Gasteiger charge is 2.21. The van der Waals surface area contributed by atoms with Crippen LogP contribution in [0.3, 0.4) is 0 Å². The molecule has 0 saturated carbocycles. The van der Waals surface area contributed by atoms with E-state index in [4.69, 9.17) is 0 Å². The maximum atomic E-state index is 2.47. The Morgan fingerprint density at radius 1 is 0.327 bits per heavy atom. The maximum Gasteiger partial charge on any atom is 0.0640 e. The predicted molar refractivity (Wildman–Crippen MR) is 225 cm³/mol. The zero-order valence-corrected chi connectivity index (χ0v) is 29.2. The van der Waals surface area contributed by atoms with E-state index in [1.807, 2.05) is 11.3 Å². The number of hydrogen-bond acceptors (Lipinski definition) is 2. The van der Waals surface area contributed by atoms with Crippen LogP contribution in [-0.2, 0) is 0 Å². The molecule has 9 aromatic carbocycles. The highest BCUT2D eigenvalue weighted by molar-refractivity contribution is 7.26. The van der Waals surface area contributed by atoms with Crippen molar-refractivity contribution in [1.82, 2.24) is 0 Å². The lowest BCUT2D eigenvalue weighted by molar-refractivity contribution is 1.32. The lowest BCUT2D eigenvalue weighted by Gasteiger charge is -2.28. The van der Waals surface area contributed by atoms with Gasteiger partial charge >= 0.3 is 0 Å². The Labute approximate surface area is 307 Å². The summed E-state index contributed by atoms with van der Waals surface area (Å²) in [5.41, 5.74) is 10.8. The fraction of sp³-hybridized carbons (Fsp3) is 0. The number of nitrogens with zero attached hydrogens (tertiary/aromatic N) is 1. The van der Waals surface area contributed by atoms with E-state index < -0.39 is 0 Å². The van der Waals surface area contributed by atoms with E-state index in [2.05, 4.69) is 205 Å². The minimum absolute atomic E-state index is 1.13. The molecule has 52 heavy (non-hydrogen) atoms. The van der Waals surface area contributed by atoms with Crippen LogP contribution in [0.1, 0.15) is 0 Å². The molecule has 0 unspecified atom stereocenters. The first-order chi connectivity index (χ1) is 25.8. The largest absolute Gasteiger partial charge is 0.308 e. The van der Waals surface area contributed by atoms with Gasteiger partial charge in [-0.05, 0) is 79.9 Å². The number of thiophene rings is 1. The maximum absolute atomic E-state index is 2.47. The van der Waals surface area contributed by atoms with Gasteiger partial charge in [-0.2, -0.15) is 0 Å². The second-order valence-corrected chi connectivity index (χ2v) is 14.3.